The molecule has 2 aromatic rings. The largest absolute Gasteiger partial charge is 0.435 e. The van der Waals surface area contributed by atoms with E-state index in [1.807, 2.05) is 0 Å². The number of aliphatic hydroxyl groups is 1. The van der Waals surface area contributed by atoms with Crippen LogP contribution in [0.15, 0.2) is 41.4 Å². The number of hydrogen-bond donors (Lipinski definition) is 1. The van der Waals surface area contributed by atoms with Gasteiger partial charge in [0.05, 0.1) is 17.5 Å². The minimum Gasteiger partial charge on any atom is -0.386 e. The molecule has 0 aliphatic heterocycles. The van der Waals surface area contributed by atoms with Crippen molar-refractivity contribution in [2.45, 2.75) is 23.7 Å². The molecule has 0 aliphatic carbocycles. The molecule has 9 heteroatoms. The van der Waals surface area contributed by atoms with Crippen molar-refractivity contribution in [1.29, 1.82) is 0 Å². The number of alkyl halides is 3. The minimum absolute atomic E-state index is 0.0990. The summed E-state index contributed by atoms with van der Waals surface area (Å²) >= 11 is 0. The number of rotatable bonds is 4. The maximum absolute atomic E-state index is 12.4. The maximum atomic E-state index is 12.4. The van der Waals surface area contributed by atoms with Gasteiger partial charge in [-0.2, -0.15) is 18.3 Å². The van der Waals surface area contributed by atoms with E-state index in [0.29, 0.717) is 5.56 Å². The Labute approximate surface area is 124 Å². The molecule has 0 amide bonds. The molecule has 1 aromatic carbocycles. The fourth-order valence-corrected chi connectivity index (χ4v) is 2.46. The summed E-state index contributed by atoms with van der Waals surface area (Å²) < 4.78 is 60.9. The number of halogens is 3. The van der Waals surface area contributed by atoms with Crippen LogP contribution in [0.4, 0.5) is 13.2 Å². The molecule has 0 fully saturated rings. The molecule has 0 aliphatic rings. The predicted octanol–water partition coefficient (Wildman–Crippen LogP) is 2.04. The van der Waals surface area contributed by atoms with Gasteiger partial charge in [-0.25, -0.2) is 8.42 Å². The zero-order valence-corrected chi connectivity index (χ0v) is 12.3. The summed E-state index contributed by atoms with van der Waals surface area (Å²) in [5, 5.41) is 13.3. The van der Waals surface area contributed by atoms with E-state index in [0.717, 1.165) is 23.2 Å². The number of benzene rings is 1. The summed E-state index contributed by atoms with van der Waals surface area (Å²) in [5.74, 6) is 0. The Kier molecular flexibility index (Phi) is 4.30. The molecule has 0 saturated carbocycles. The molecule has 1 atom stereocenters. The lowest BCUT2D eigenvalue weighted by atomic mass is 10.1. The van der Waals surface area contributed by atoms with Crippen LogP contribution in [0.25, 0.3) is 0 Å². The molecule has 1 N–H and O–H groups in total. The van der Waals surface area contributed by atoms with Crippen LogP contribution in [0, 0.1) is 0 Å². The van der Waals surface area contributed by atoms with Crippen molar-refractivity contribution in [1.82, 2.24) is 9.78 Å². The number of hydrogen-bond acceptors (Lipinski definition) is 4. The first-order chi connectivity index (χ1) is 10.1. The smallest absolute Gasteiger partial charge is 0.386 e. The average Bonchev–Trinajstić information content (AvgIpc) is 2.86. The van der Waals surface area contributed by atoms with Crippen molar-refractivity contribution in [3.8, 4) is 0 Å². The zero-order chi connectivity index (χ0) is 16.5. The van der Waals surface area contributed by atoms with Crippen molar-refractivity contribution in [3.05, 3.63) is 47.8 Å². The van der Waals surface area contributed by atoms with Crippen molar-refractivity contribution >= 4 is 9.84 Å². The molecule has 1 unspecified atom stereocenters. The highest BCUT2D eigenvalue weighted by Crippen LogP contribution is 2.27. The summed E-state index contributed by atoms with van der Waals surface area (Å²) in [6, 6.07) is 6.31. The molecule has 1 heterocycles. The number of nitrogens with zero attached hydrogens (tertiary/aromatic N) is 2. The van der Waals surface area contributed by atoms with Crippen LogP contribution in [0.2, 0.25) is 0 Å². The van der Waals surface area contributed by atoms with Gasteiger partial charge in [-0.15, -0.1) is 0 Å². The number of aliphatic hydroxyl groups excluding tert-OH is 1. The highest BCUT2D eigenvalue weighted by Gasteiger charge is 2.33. The predicted molar refractivity (Wildman–Crippen MR) is 71.7 cm³/mol. The van der Waals surface area contributed by atoms with Gasteiger partial charge in [-0.3, -0.25) is 4.68 Å². The number of aromatic nitrogens is 2. The third-order valence-corrected chi connectivity index (χ3v) is 4.11. The third kappa shape index (κ3) is 3.86. The van der Waals surface area contributed by atoms with Crippen LogP contribution in [-0.4, -0.2) is 29.6 Å². The van der Waals surface area contributed by atoms with Crippen LogP contribution in [0.3, 0.4) is 0 Å². The van der Waals surface area contributed by atoms with Crippen molar-refractivity contribution in [2.75, 3.05) is 6.26 Å². The van der Waals surface area contributed by atoms with Gasteiger partial charge in [0.15, 0.2) is 15.5 Å². The molecule has 5 nitrogen and oxygen atoms in total. The second kappa shape index (κ2) is 5.73. The van der Waals surface area contributed by atoms with Gasteiger partial charge < -0.3 is 5.11 Å². The van der Waals surface area contributed by atoms with Gasteiger partial charge in [-0.05, 0) is 23.8 Å². The fraction of sp³-hybridized carbons (Fsp3) is 0.308. The van der Waals surface area contributed by atoms with E-state index in [4.69, 9.17) is 0 Å². The minimum atomic E-state index is -4.53. The molecule has 120 valence electrons. The van der Waals surface area contributed by atoms with Crippen LogP contribution in [0.1, 0.15) is 17.4 Å². The number of sulfone groups is 1. The lowest BCUT2D eigenvalue weighted by Crippen LogP contribution is -2.12. The van der Waals surface area contributed by atoms with E-state index in [2.05, 4.69) is 5.10 Å². The molecule has 0 saturated heterocycles. The average molecular weight is 334 g/mol. The lowest BCUT2D eigenvalue weighted by Gasteiger charge is -2.12. The fourth-order valence-electron chi connectivity index (χ4n) is 1.83. The topological polar surface area (TPSA) is 72.2 Å². The normalized spacial score (nSPS) is 14.0. The molecular weight excluding hydrogens is 321 g/mol. The van der Waals surface area contributed by atoms with Gasteiger partial charge in [0.25, 0.3) is 0 Å². The first-order valence-electron chi connectivity index (χ1n) is 6.16. The molecule has 0 radical (unpaired) electrons. The molecule has 22 heavy (non-hydrogen) atoms. The van der Waals surface area contributed by atoms with Crippen molar-refractivity contribution in [2.24, 2.45) is 0 Å². The Hall–Kier alpha value is -1.87. The van der Waals surface area contributed by atoms with Crippen molar-refractivity contribution < 1.29 is 26.7 Å². The molecule has 2 rings (SSSR count). The first kappa shape index (κ1) is 16.5. The molecular formula is C13H13F3N2O3S. The molecule has 0 spiro atoms. The summed E-state index contributed by atoms with van der Waals surface area (Å²) in [5.41, 5.74) is -0.649. The summed E-state index contributed by atoms with van der Waals surface area (Å²) in [6.45, 7) is -0.172. The monoisotopic (exact) mass is 334 g/mol. The van der Waals surface area contributed by atoms with E-state index < -0.39 is 27.8 Å². The SMILES string of the molecule is CS(=O)(=O)c1ccc(C(O)Cn2ccc(C(F)(F)F)n2)cc1. The third-order valence-electron chi connectivity index (χ3n) is 2.98. The van der Waals surface area contributed by atoms with Gasteiger partial charge >= 0.3 is 6.18 Å². The van der Waals surface area contributed by atoms with Crippen molar-refractivity contribution in [3.63, 3.8) is 0 Å². The van der Waals surface area contributed by atoms with Gasteiger partial charge in [0.1, 0.15) is 0 Å². The quantitative estimate of drug-likeness (QED) is 0.929. The Morgan fingerprint density at radius 3 is 2.27 bits per heavy atom. The summed E-state index contributed by atoms with van der Waals surface area (Å²) in [6.07, 6.45) is -3.46. The van der Waals surface area contributed by atoms with Crippen LogP contribution < -0.4 is 0 Å². The molecule has 1 aromatic heterocycles. The Morgan fingerprint density at radius 2 is 1.82 bits per heavy atom. The zero-order valence-electron chi connectivity index (χ0n) is 11.4. The summed E-state index contributed by atoms with van der Waals surface area (Å²) in [4.78, 5) is 0.0990. The maximum Gasteiger partial charge on any atom is 0.435 e. The Bertz CT molecular complexity index is 752. The Morgan fingerprint density at radius 1 is 1.23 bits per heavy atom. The van der Waals surface area contributed by atoms with E-state index >= 15 is 0 Å². The van der Waals surface area contributed by atoms with E-state index in [-0.39, 0.29) is 11.4 Å². The Balaban J connectivity index is 2.12. The van der Waals surface area contributed by atoms with Crippen LogP contribution >= 0.6 is 0 Å². The summed E-state index contributed by atoms with van der Waals surface area (Å²) in [7, 11) is -3.34. The van der Waals surface area contributed by atoms with Gasteiger partial charge in [0.2, 0.25) is 0 Å². The first-order valence-corrected chi connectivity index (χ1v) is 8.05. The lowest BCUT2D eigenvalue weighted by molar-refractivity contribution is -0.141. The second-order valence-corrected chi connectivity index (χ2v) is 6.79. The standard InChI is InChI=1S/C13H13F3N2O3S/c1-22(20,21)10-4-2-9(3-5-10)11(19)8-18-7-6-12(17-18)13(14,15)16/h2-7,11,19H,8H2,1H3. The van der Waals surface area contributed by atoms with E-state index in [9.17, 15) is 26.7 Å². The van der Waals surface area contributed by atoms with E-state index in [1.54, 1.807) is 0 Å². The highest BCUT2D eigenvalue weighted by molar-refractivity contribution is 7.90. The molecule has 0 bridgehead atoms. The van der Waals surface area contributed by atoms with Gasteiger partial charge in [0, 0.05) is 12.5 Å². The highest BCUT2D eigenvalue weighted by atomic mass is 32.2. The van der Waals surface area contributed by atoms with Gasteiger partial charge in [-0.1, -0.05) is 12.1 Å². The second-order valence-electron chi connectivity index (χ2n) is 4.78. The van der Waals surface area contributed by atoms with Crippen LogP contribution in [0.5, 0.6) is 0 Å². The van der Waals surface area contributed by atoms with Crippen LogP contribution in [-0.2, 0) is 22.6 Å². The van der Waals surface area contributed by atoms with E-state index in [1.165, 1.54) is 24.3 Å².